The molecule has 0 bridgehead atoms. The highest BCUT2D eigenvalue weighted by atomic mass is 32.1. The molecular weight excluding hydrogens is 270 g/mol. The molecule has 0 aromatic carbocycles. The van der Waals surface area contributed by atoms with Crippen LogP contribution in [0.3, 0.4) is 0 Å². The molecule has 9 heteroatoms. The molecule has 1 aromatic heterocycles. The molecule has 1 aliphatic heterocycles. The quantitative estimate of drug-likeness (QED) is 0.616. The van der Waals surface area contributed by atoms with E-state index in [1.54, 1.807) is 0 Å². The Morgan fingerprint density at radius 3 is 2.58 bits per heavy atom. The zero-order valence-corrected chi connectivity index (χ0v) is 11.4. The lowest BCUT2D eigenvalue weighted by Gasteiger charge is -2.12. The number of nitrogens with zero attached hydrogens (tertiary/aromatic N) is 4. The molecule has 1 fully saturated rings. The van der Waals surface area contributed by atoms with E-state index >= 15 is 0 Å². The first-order chi connectivity index (χ1) is 9.06. The second-order valence-corrected chi connectivity index (χ2v) is 4.77. The molecule has 1 N–H and O–H groups in total. The van der Waals surface area contributed by atoms with Gasteiger partial charge >= 0.3 is 17.8 Å². The van der Waals surface area contributed by atoms with Gasteiger partial charge in [-0.1, -0.05) is 11.4 Å². The Kier molecular flexibility index (Phi) is 3.74. The number of aromatic nitrogens is 2. The average molecular weight is 283 g/mol. The van der Waals surface area contributed by atoms with E-state index in [1.165, 1.54) is 7.05 Å². The summed E-state index contributed by atoms with van der Waals surface area (Å²) in [4.78, 5) is 36.4. The van der Waals surface area contributed by atoms with Crippen molar-refractivity contribution in [2.75, 3.05) is 18.9 Å². The lowest BCUT2D eigenvalue weighted by molar-refractivity contribution is -0.143. The Morgan fingerprint density at radius 2 is 2.00 bits per heavy atom. The summed E-state index contributed by atoms with van der Waals surface area (Å²) in [5.74, 6) is -1.65. The molecule has 1 aromatic rings. The summed E-state index contributed by atoms with van der Waals surface area (Å²) >= 11 is 1.16. The van der Waals surface area contributed by atoms with Crippen LogP contribution in [0.2, 0.25) is 0 Å². The summed E-state index contributed by atoms with van der Waals surface area (Å²) in [5, 5.41) is 7.71. The summed E-state index contributed by atoms with van der Waals surface area (Å²) in [7, 11) is 1.28. The van der Waals surface area contributed by atoms with Crippen LogP contribution in [0.25, 0.3) is 0 Å². The van der Waals surface area contributed by atoms with Crippen molar-refractivity contribution in [3.05, 3.63) is 5.69 Å². The van der Waals surface area contributed by atoms with Crippen molar-refractivity contribution in [3.8, 4) is 0 Å². The molecule has 2 rings (SSSR count). The van der Waals surface area contributed by atoms with Crippen molar-refractivity contribution in [3.63, 3.8) is 0 Å². The highest BCUT2D eigenvalue weighted by Gasteiger charge is 2.42. The van der Waals surface area contributed by atoms with Crippen LogP contribution in [0.15, 0.2) is 0 Å². The van der Waals surface area contributed by atoms with Crippen LogP contribution in [0.1, 0.15) is 19.0 Å². The van der Waals surface area contributed by atoms with Crippen molar-refractivity contribution >= 4 is 34.4 Å². The van der Waals surface area contributed by atoms with Gasteiger partial charge in [0.1, 0.15) is 10.7 Å². The third-order valence-electron chi connectivity index (χ3n) is 2.65. The maximum atomic E-state index is 11.7. The number of carbonyl (C=O) groups excluding carboxylic acids is 3. The average Bonchev–Trinajstić information content (AvgIpc) is 2.92. The minimum atomic E-state index is -0.832. The summed E-state index contributed by atoms with van der Waals surface area (Å²) in [6.07, 6.45) is 0.931. The minimum absolute atomic E-state index is 0.0453. The number of likely N-dealkylation sites (N-methyl/N-ethyl adjacent to an activating group) is 1. The van der Waals surface area contributed by atoms with Crippen molar-refractivity contribution in [2.45, 2.75) is 19.9 Å². The fourth-order valence-electron chi connectivity index (χ4n) is 1.59. The van der Waals surface area contributed by atoms with Crippen LogP contribution >= 0.6 is 11.5 Å². The topological polar surface area (TPSA) is 95.5 Å². The normalized spacial score (nSPS) is 15.6. The molecule has 0 spiro atoms. The van der Waals surface area contributed by atoms with Crippen molar-refractivity contribution in [2.24, 2.45) is 0 Å². The maximum absolute atomic E-state index is 11.7. The Balaban J connectivity index is 2.13. The summed E-state index contributed by atoms with van der Waals surface area (Å²) < 4.78 is 3.79. The van der Waals surface area contributed by atoms with Gasteiger partial charge in [0.05, 0.1) is 6.54 Å². The van der Waals surface area contributed by atoms with Crippen LogP contribution in [0.4, 0.5) is 9.80 Å². The van der Waals surface area contributed by atoms with Gasteiger partial charge in [0, 0.05) is 25.1 Å². The number of carbonyl (C=O) groups is 3. The summed E-state index contributed by atoms with van der Waals surface area (Å²) in [5.41, 5.74) is 0.489. The largest absolute Gasteiger partial charge is 0.374 e. The van der Waals surface area contributed by atoms with Crippen LogP contribution < -0.4 is 5.32 Å². The van der Waals surface area contributed by atoms with Crippen molar-refractivity contribution < 1.29 is 14.4 Å². The Labute approximate surface area is 113 Å². The first-order valence-electron chi connectivity index (χ1n) is 5.74. The first-order valence-corrected chi connectivity index (χ1v) is 6.52. The molecule has 0 saturated carbocycles. The summed E-state index contributed by atoms with van der Waals surface area (Å²) in [6, 6.07) is -0.635. The van der Waals surface area contributed by atoms with Crippen LogP contribution in [-0.2, 0) is 16.1 Å². The van der Waals surface area contributed by atoms with Crippen LogP contribution in [0, 0.1) is 0 Å². The monoisotopic (exact) mass is 283 g/mol. The smallest absolute Gasteiger partial charge is 0.334 e. The predicted molar refractivity (Wildman–Crippen MR) is 67.4 cm³/mol. The third-order valence-corrected chi connectivity index (χ3v) is 3.38. The molecule has 1 aliphatic rings. The number of imide groups is 2. The molecule has 19 heavy (non-hydrogen) atoms. The van der Waals surface area contributed by atoms with E-state index in [0.29, 0.717) is 10.7 Å². The fourth-order valence-corrected chi connectivity index (χ4v) is 2.19. The first kappa shape index (κ1) is 13.4. The van der Waals surface area contributed by atoms with E-state index in [2.05, 4.69) is 14.9 Å². The Morgan fingerprint density at radius 1 is 1.26 bits per heavy atom. The maximum Gasteiger partial charge on any atom is 0.334 e. The van der Waals surface area contributed by atoms with E-state index in [0.717, 1.165) is 34.3 Å². The van der Waals surface area contributed by atoms with Gasteiger partial charge in [-0.3, -0.25) is 14.5 Å². The Bertz CT molecular complexity index is 529. The number of hydrogen-bond acceptors (Lipinski definition) is 7. The van der Waals surface area contributed by atoms with E-state index in [-0.39, 0.29) is 6.54 Å². The zero-order valence-electron chi connectivity index (χ0n) is 10.5. The molecule has 1 saturated heterocycles. The van der Waals surface area contributed by atoms with Gasteiger partial charge in [-0.05, 0) is 6.42 Å². The highest BCUT2D eigenvalue weighted by Crippen LogP contribution is 2.21. The molecule has 0 aliphatic carbocycles. The molecule has 4 amide bonds. The fraction of sp³-hybridized carbons (Fsp3) is 0.500. The van der Waals surface area contributed by atoms with E-state index in [4.69, 9.17) is 0 Å². The van der Waals surface area contributed by atoms with Gasteiger partial charge in [-0.25, -0.2) is 9.69 Å². The number of rotatable bonds is 5. The molecule has 2 heterocycles. The lowest BCUT2D eigenvalue weighted by Crippen LogP contribution is -2.31. The number of hydrogen-bond donors (Lipinski definition) is 1. The number of urea groups is 1. The van der Waals surface area contributed by atoms with Crippen molar-refractivity contribution in [1.29, 1.82) is 0 Å². The van der Waals surface area contributed by atoms with Gasteiger partial charge in [0.15, 0.2) is 0 Å². The Hall–Kier alpha value is -2.03. The number of anilines is 1. The highest BCUT2D eigenvalue weighted by molar-refractivity contribution is 7.10. The molecular formula is C10H13N5O3S. The second kappa shape index (κ2) is 5.31. The zero-order chi connectivity index (χ0) is 14.0. The SMILES string of the molecule is CCCNc1snnc1CN1C(=O)C(=O)N(C)C1=O. The van der Waals surface area contributed by atoms with Gasteiger partial charge < -0.3 is 5.32 Å². The molecule has 102 valence electrons. The van der Waals surface area contributed by atoms with E-state index < -0.39 is 17.8 Å². The van der Waals surface area contributed by atoms with Crippen LogP contribution in [-0.4, -0.2) is 50.8 Å². The van der Waals surface area contributed by atoms with Gasteiger partial charge in [-0.2, -0.15) is 0 Å². The summed E-state index contributed by atoms with van der Waals surface area (Å²) in [6.45, 7) is 2.72. The third kappa shape index (κ3) is 2.41. The minimum Gasteiger partial charge on any atom is -0.374 e. The van der Waals surface area contributed by atoms with Gasteiger partial charge in [0.2, 0.25) is 0 Å². The van der Waals surface area contributed by atoms with E-state index in [1.807, 2.05) is 6.92 Å². The molecule has 8 nitrogen and oxygen atoms in total. The lowest BCUT2D eigenvalue weighted by atomic mass is 10.4. The van der Waals surface area contributed by atoms with Crippen LogP contribution in [0.5, 0.6) is 0 Å². The van der Waals surface area contributed by atoms with Gasteiger partial charge in [-0.15, -0.1) is 5.10 Å². The molecule has 0 atom stereocenters. The standard InChI is InChI=1S/C10H13N5O3S/c1-3-4-11-7-6(12-13-19-7)5-15-9(17)8(16)14(2)10(15)18/h11H,3-5H2,1-2H3. The van der Waals surface area contributed by atoms with Crippen molar-refractivity contribution in [1.82, 2.24) is 19.4 Å². The predicted octanol–water partition coefficient (Wildman–Crippen LogP) is 0.281. The number of nitrogens with one attached hydrogen (secondary N) is 1. The van der Waals surface area contributed by atoms with E-state index in [9.17, 15) is 14.4 Å². The number of amides is 4. The second-order valence-electron chi connectivity index (χ2n) is 4.01. The molecule has 0 radical (unpaired) electrons. The van der Waals surface area contributed by atoms with Gasteiger partial charge in [0.25, 0.3) is 0 Å². The molecule has 0 unspecified atom stereocenters.